The third kappa shape index (κ3) is 7.52. The van der Waals surface area contributed by atoms with E-state index < -0.39 is 23.5 Å². The maximum absolute atomic E-state index is 13.9. The van der Waals surface area contributed by atoms with Gasteiger partial charge in [-0.1, -0.05) is 35.5 Å². The highest BCUT2D eigenvalue weighted by molar-refractivity contribution is 5.98. The van der Waals surface area contributed by atoms with Crippen molar-refractivity contribution < 1.29 is 23.6 Å². The number of aromatic amines is 1. The molecule has 5 rings (SSSR count). The smallest absolute Gasteiger partial charge is 0.439 e. The Morgan fingerprint density at radius 3 is 2.33 bits per heavy atom. The third-order valence-corrected chi connectivity index (χ3v) is 8.17. The van der Waals surface area contributed by atoms with E-state index in [4.69, 9.17) is 4.74 Å². The van der Waals surface area contributed by atoms with Crippen molar-refractivity contribution in [2.75, 3.05) is 18.4 Å². The van der Waals surface area contributed by atoms with E-state index in [1.165, 1.54) is 0 Å². The fourth-order valence-corrected chi connectivity index (χ4v) is 6.08. The van der Waals surface area contributed by atoms with Gasteiger partial charge >= 0.3 is 11.8 Å². The molecule has 11 nitrogen and oxygen atoms in total. The highest BCUT2D eigenvalue weighted by atomic mass is 16.6. The molecule has 1 aliphatic heterocycles. The van der Waals surface area contributed by atoms with Crippen LogP contribution in [0.1, 0.15) is 64.4 Å². The van der Waals surface area contributed by atoms with E-state index in [-0.39, 0.29) is 29.6 Å². The number of carbonyl (C=O) groups is 3. The second-order valence-corrected chi connectivity index (χ2v) is 12.4. The minimum atomic E-state index is -0.645. The van der Waals surface area contributed by atoms with Gasteiger partial charge in [-0.05, 0) is 88.6 Å². The topological polar surface area (TPSA) is 147 Å². The van der Waals surface area contributed by atoms with Gasteiger partial charge in [-0.2, -0.15) is 0 Å². The highest BCUT2D eigenvalue weighted by Crippen LogP contribution is 2.38. The number of H-pyrrole nitrogens is 1. The fourth-order valence-electron chi connectivity index (χ4n) is 6.08. The number of nitrogens with one attached hydrogen (secondary N) is 3. The molecule has 0 bridgehead atoms. The van der Waals surface area contributed by atoms with E-state index in [1.807, 2.05) is 51.1 Å². The van der Waals surface area contributed by atoms with Crippen molar-refractivity contribution in [3.63, 3.8) is 0 Å². The van der Waals surface area contributed by atoms with Crippen LogP contribution >= 0.6 is 0 Å². The van der Waals surface area contributed by atoms with E-state index in [9.17, 15) is 19.2 Å². The van der Waals surface area contributed by atoms with Crippen molar-refractivity contribution in [3.8, 4) is 11.4 Å². The maximum Gasteiger partial charge on any atom is 0.439 e. The first-order chi connectivity index (χ1) is 20.6. The van der Waals surface area contributed by atoms with Gasteiger partial charge in [-0.3, -0.25) is 19.1 Å². The molecule has 1 saturated heterocycles. The average Bonchev–Trinajstić information content (AvgIpc) is 3.63. The van der Waals surface area contributed by atoms with Crippen LogP contribution in [0.15, 0.2) is 63.9 Å². The van der Waals surface area contributed by atoms with Crippen molar-refractivity contribution in [2.45, 2.75) is 70.4 Å². The summed E-state index contributed by atoms with van der Waals surface area (Å²) in [5.41, 5.74) is 1.69. The second-order valence-electron chi connectivity index (χ2n) is 12.4. The van der Waals surface area contributed by atoms with E-state index in [0.717, 1.165) is 18.4 Å². The summed E-state index contributed by atoms with van der Waals surface area (Å²) >= 11 is 0. The molecule has 2 aromatic carbocycles. The minimum absolute atomic E-state index is 0.0162. The molecule has 1 aliphatic carbocycles. The molecule has 0 spiro atoms. The summed E-state index contributed by atoms with van der Waals surface area (Å²) in [6.45, 7) is 6.52. The number of likely N-dealkylation sites (tertiary alicyclic amines) is 1. The maximum atomic E-state index is 13.9. The normalized spacial score (nSPS) is 22.2. The molecular formula is C32H39N5O6. The van der Waals surface area contributed by atoms with Crippen LogP contribution < -0.4 is 16.4 Å². The van der Waals surface area contributed by atoms with Gasteiger partial charge in [0.1, 0.15) is 11.6 Å². The number of nitrogens with zero attached hydrogens (tertiary/aromatic N) is 2. The Kier molecular flexibility index (Phi) is 8.98. The van der Waals surface area contributed by atoms with E-state index in [2.05, 4.69) is 25.3 Å². The number of hydrogen-bond donors (Lipinski definition) is 3. The quantitative estimate of drug-likeness (QED) is 0.362. The van der Waals surface area contributed by atoms with Crippen molar-refractivity contribution in [1.29, 1.82) is 0 Å². The van der Waals surface area contributed by atoms with Crippen LogP contribution in [0.3, 0.4) is 0 Å². The lowest BCUT2D eigenvalue weighted by Crippen LogP contribution is -2.48. The number of rotatable bonds is 7. The zero-order valence-electron chi connectivity index (χ0n) is 24.8. The Labute approximate surface area is 250 Å². The summed E-state index contributed by atoms with van der Waals surface area (Å²) in [6, 6.07) is 16.1. The molecule has 1 unspecified atom stereocenters. The number of amides is 3. The predicted octanol–water partition coefficient (Wildman–Crippen LogP) is 4.68. The van der Waals surface area contributed by atoms with E-state index in [0.29, 0.717) is 49.4 Å². The number of aromatic nitrogens is 2. The molecule has 2 atom stereocenters. The van der Waals surface area contributed by atoms with Gasteiger partial charge in [0.05, 0.1) is 0 Å². The first-order valence-corrected chi connectivity index (χ1v) is 14.9. The molecule has 1 aromatic heterocycles. The lowest BCUT2D eigenvalue weighted by atomic mass is 9.81. The van der Waals surface area contributed by atoms with Crippen LogP contribution in [-0.2, 0) is 14.3 Å². The summed E-state index contributed by atoms with van der Waals surface area (Å²) in [5.74, 6) is -0.568. The Bertz CT molecular complexity index is 1470. The van der Waals surface area contributed by atoms with Gasteiger partial charge < -0.3 is 20.3 Å². The van der Waals surface area contributed by atoms with Crippen LogP contribution in [0.5, 0.6) is 0 Å². The van der Waals surface area contributed by atoms with Gasteiger partial charge in [0, 0.05) is 36.2 Å². The summed E-state index contributed by atoms with van der Waals surface area (Å²) in [6.07, 6.45) is 3.34. The number of hydrogen-bond acceptors (Lipinski definition) is 7. The largest absolute Gasteiger partial charge is 0.444 e. The van der Waals surface area contributed by atoms with Crippen LogP contribution in [0, 0.1) is 11.8 Å². The first kappa shape index (κ1) is 30.1. The van der Waals surface area contributed by atoms with E-state index >= 15 is 0 Å². The Morgan fingerprint density at radius 2 is 1.70 bits per heavy atom. The van der Waals surface area contributed by atoms with Crippen LogP contribution in [0.2, 0.25) is 0 Å². The third-order valence-electron chi connectivity index (χ3n) is 8.17. The van der Waals surface area contributed by atoms with Crippen molar-refractivity contribution in [1.82, 2.24) is 20.4 Å². The summed E-state index contributed by atoms with van der Waals surface area (Å²) in [5, 5.41) is 9.56. The Hall–Kier alpha value is -4.41. The van der Waals surface area contributed by atoms with Gasteiger partial charge in [0.25, 0.3) is 0 Å². The van der Waals surface area contributed by atoms with E-state index in [1.54, 1.807) is 29.2 Å². The van der Waals surface area contributed by atoms with Gasteiger partial charge in [0.15, 0.2) is 5.82 Å². The molecule has 2 aliphatic rings. The molecule has 1 saturated carbocycles. The van der Waals surface area contributed by atoms with Gasteiger partial charge in [-0.15, -0.1) is 0 Å². The molecule has 3 aromatic rings. The number of anilines is 1. The Balaban J connectivity index is 1.24. The number of carbonyl (C=O) groups excluding carboxylic acids is 3. The first-order valence-electron chi connectivity index (χ1n) is 14.9. The standard InChI is InChI=1S/C32H39N5O6/c1-32(2,3)42-30(40)33-19-20-9-11-23(12-10-20)29(39)37-18-17-25(21-7-5-4-6-8-21)26(37)28(38)34-24-15-13-22(14-16-24)27-35-31(41)43-36-27/h4-8,13-16,20,23,25-26H,9-12,17-19H2,1-3H3,(H,33,40)(H,34,38)(H,35,36,41)/t20?,23?,25-,26?/m0/s1. The van der Waals surface area contributed by atoms with Crippen molar-refractivity contribution in [2.24, 2.45) is 11.8 Å². The van der Waals surface area contributed by atoms with Gasteiger partial charge in [-0.25, -0.2) is 9.59 Å². The van der Waals surface area contributed by atoms with Crippen molar-refractivity contribution in [3.05, 3.63) is 70.7 Å². The molecule has 3 amide bonds. The van der Waals surface area contributed by atoms with Gasteiger partial charge in [0.2, 0.25) is 11.8 Å². The number of benzene rings is 2. The summed E-state index contributed by atoms with van der Waals surface area (Å²) in [4.78, 5) is 55.3. The molecular weight excluding hydrogens is 550 g/mol. The lowest BCUT2D eigenvalue weighted by Gasteiger charge is -2.34. The van der Waals surface area contributed by atoms with Crippen LogP contribution in [0.25, 0.3) is 11.4 Å². The molecule has 11 heteroatoms. The Morgan fingerprint density at radius 1 is 1.00 bits per heavy atom. The average molecular weight is 590 g/mol. The summed E-state index contributed by atoms with van der Waals surface area (Å²) < 4.78 is 9.91. The van der Waals surface area contributed by atoms with Crippen LogP contribution in [0.4, 0.5) is 10.5 Å². The fraction of sp³-hybridized carbons (Fsp3) is 0.469. The summed E-state index contributed by atoms with van der Waals surface area (Å²) in [7, 11) is 0. The molecule has 3 N–H and O–H groups in total. The highest BCUT2D eigenvalue weighted by Gasteiger charge is 2.44. The minimum Gasteiger partial charge on any atom is -0.444 e. The molecule has 2 heterocycles. The number of alkyl carbamates (subject to hydrolysis) is 1. The molecule has 2 fully saturated rings. The molecule has 228 valence electrons. The van der Waals surface area contributed by atoms with Crippen LogP contribution in [-0.4, -0.2) is 57.7 Å². The van der Waals surface area contributed by atoms with Crippen molar-refractivity contribution >= 4 is 23.6 Å². The SMILES string of the molecule is CC(C)(C)OC(=O)NCC1CCC(C(=O)N2CC[C@@H](c3ccccc3)C2C(=O)Nc2ccc(-c3noc(=O)[nH]3)cc2)CC1. The lowest BCUT2D eigenvalue weighted by molar-refractivity contribution is -0.141. The second kappa shape index (κ2) is 12.8. The molecule has 0 radical (unpaired) electrons. The predicted molar refractivity (Wildman–Crippen MR) is 160 cm³/mol. The number of ether oxygens (including phenoxy) is 1. The molecule has 43 heavy (non-hydrogen) atoms. The monoisotopic (exact) mass is 589 g/mol. The zero-order valence-corrected chi connectivity index (χ0v) is 24.8. The zero-order chi connectivity index (χ0) is 30.6.